The van der Waals surface area contributed by atoms with Crippen LogP contribution in [0.3, 0.4) is 0 Å². The molecule has 16 heavy (non-hydrogen) atoms. The molecule has 1 aromatic rings. The highest BCUT2D eigenvalue weighted by Crippen LogP contribution is 2.12. The fraction of sp³-hybridized carbons (Fsp3) is 0.417. The Kier molecular flexibility index (Phi) is 3.10. The van der Waals surface area contributed by atoms with Gasteiger partial charge in [-0.15, -0.1) is 0 Å². The van der Waals surface area contributed by atoms with Gasteiger partial charge in [0, 0.05) is 20.1 Å². The molecule has 0 atom stereocenters. The summed E-state index contributed by atoms with van der Waals surface area (Å²) in [6.07, 6.45) is 0.396. The predicted molar refractivity (Wildman–Crippen MR) is 61.2 cm³/mol. The van der Waals surface area contributed by atoms with Crippen molar-refractivity contribution in [2.75, 3.05) is 20.1 Å². The summed E-state index contributed by atoms with van der Waals surface area (Å²) in [5.74, 6) is 0.352. The van der Waals surface area contributed by atoms with Gasteiger partial charge < -0.3 is 15.3 Å². The molecule has 0 radical (unpaired) electrons. The number of benzene rings is 1. The molecule has 2 rings (SSSR count). The summed E-state index contributed by atoms with van der Waals surface area (Å²) in [7, 11) is 1.84. The third kappa shape index (κ3) is 2.33. The van der Waals surface area contributed by atoms with Gasteiger partial charge in [0.05, 0.1) is 12.5 Å². The van der Waals surface area contributed by atoms with Crippen LogP contribution in [0.4, 0.5) is 0 Å². The van der Waals surface area contributed by atoms with E-state index in [1.54, 1.807) is 29.2 Å². The minimum absolute atomic E-state index is 0.122. The van der Waals surface area contributed by atoms with Crippen molar-refractivity contribution in [1.82, 2.24) is 10.2 Å². The van der Waals surface area contributed by atoms with E-state index in [9.17, 15) is 4.79 Å². The van der Waals surface area contributed by atoms with E-state index in [1.807, 2.05) is 7.05 Å². The number of likely N-dealkylation sites (N-methyl/N-ethyl adjacent to an activating group) is 1. The molecular formula is C12H16N2O2. The quantitative estimate of drug-likeness (QED) is 0.773. The maximum Gasteiger partial charge on any atom is 0.227 e. The summed E-state index contributed by atoms with van der Waals surface area (Å²) in [4.78, 5) is 13.7. The van der Waals surface area contributed by atoms with E-state index >= 15 is 0 Å². The summed E-state index contributed by atoms with van der Waals surface area (Å²) in [6.45, 7) is 1.77. The number of phenolic OH excluding ortho intramolecular Hbond substituents is 1. The minimum Gasteiger partial charge on any atom is -0.508 e. The average Bonchev–Trinajstić information content (AvgIpc) is 2.19. The number of phenols is 1. The fourth-order valence-corrected chi connectivity index (χ4v) is 1.66. The molecule has 2 N–H and O–H groups in total. The number of amides is 1. The van der Waals surface area contributed by atoms with Crippen molar-refractivity contribution in [3.63, 3.8) is 0 Å². The number of carbonyl (C=O) groups is 1. The van der Waals surface area contributed by atoms with Gasteiger partial charge in [0.25, 0.3) is 0 Å². The minimum atomic E-state index is 0.122. The molecule has 0 unspecified atom stereocenters. The lowest BCUT2D eigenvalue weighted by atomic mass is 10.1. The molecule has 1 fully saturated rings. The lowest BCUT2D eigenvalue weighted by molar-refractivity contribution is -0.132. The Labute approximate surface area is 94.9 Å². The van der Waals surface area contributed by atoms with E-state index in [0.717, 1.165) is 18.7 Å². The van der Waals surface area contributed by atoms with Gasteiger partial charge in [-0.3, -0.25) is 4.79 Å². The first-order chi connectivity index (χ1) is 7.66. The lowest BCUT2D eigenvalue weighted by Crippen LogP contribution is -2.57. The summed E-state index contributed by atoms with van der Waals surface area (Å²) < 4.78 is 0. The van der Waals surface area contributed by atoms with Gasteiger partial charge in [-0.2, -0.15) is 0 Å². The van der Waals surface area contributed by atoms with Crippen LogP contribution in [0.5, 0.6) is 5.75 Å². The second-order valence-electron chi connectivity index (χ2n) is 4.16. The Bertz CT molecular complexity index is 371. The van der Waals surface area contributed by atoms with E-state index in [4.69, 9.17) is 5.11 Å². The fourth-order valence-electron chi connectivity index (χ4n) is 1.66. The third-order valence-corrected chi connectivity index (χ3v) is 2.99. The molecule has 1 aliphatic rings. The van der Waals surface area contributed by atoms with Crippen molar-refractivity contribution >= 4 is 5.91 Å². The Morgan fingerprint density at radius 3 is 2.56 bits per heavy atom. The Morgan fingerprint density at radius 2 is 2.06 bits per heavy atom. The van der Waals surface area contributed by atoms with Gasteiger partial charge in [-0.1, -0.05) is 12.1 Å². The van der Waals surface area contributed by atoms with Crippen LogP contribution in [0.15, 0.2) is 24.3 Å². The van der Waals surface area contributed by atoms with E-state index in [2.05, 4.69) is 5.32 Å². The van der Waals surface area contributed by atoms with Crippen LogP contribution in [0.1, 0.15) is 5.56 Å². The first kappa shape index (κ1) is 11.0. The number of carbonyl (C=O) groups excluding carboxylic acids is 1. The highest BCUT2D eigenvalue weighted by atomic mass is 16.3. The monoisotopic (exact) mass is 220 g/mol. The molecule has 0 spiro atoms. The Hall–Kier alpha value is -1.55. The number of rotatable bonds is 3. The molecule has 0 bridgehead atoms. The molecule has 1 aliphatic heterocycles. The van der Waals surface area contributed by atoms with Gasteiger partial charge in [0.15, 0.2) is 0 Å². The number of nitrogens with zero attached hydrogens (tertiary/aromatic N) is 1. The molecule has 1 saturated heterocycles. The van der Waals surface area contributed by atoms with Crippen LogP contribution in [0, 0.1) is 0 Å². The molecule has 4 heteroatoms. The standard InChI is InChI=1S/C12H16N2O2/c1-14(10-7-13-8-10)12(16)6-9-2-4-11(15)5-3-9/h2-5,10,13,15H,6-8H2,1H3. The average molecular weight is 220 g/mol. The molecule has 0 saturated carbocycles. The summed E-state index contributed by atoms with van der Waals surface area (Å²) in [5.41, 5.74) is 0.932. The maximum atomic E-state index is 11.9. The molecule has 1 heterocycles. The zero-order valence-corrected chi connectivity index (χ0v) is 9.31. The number of nitrogens with one attached hydrogen (secondary N) is 1. The molecule has 86 valence electrons. The van der Waals surface area contributed by atoms with Crippen molar-refractivity contribution < 1.29 is 9.90 Å². The second kappa shape index (κ2) is 4.53. The highest BCUT2D eigenvalue weighted by Gasteiger charge is 2.24. The van der Waals surface area contributed by atoms with Gasteiger partial charge in [-0.05, 0) is 17.7 Å². The van der Waals surface area contributed by atoms with Gasteiger partial charge in [0.2, 0.25) is 5.91 Å². The molecule has 1 aromatic carbocycles. The van der Waals surface area contributed by atoms with Crippen LogP contribution in [0.2, 0.25) is 0 Å². The molecule has 0 aliphatic carbocycles. The van der Waals surface area contributed by atoms with Crippen LogP contribution in [-0.4, -0.2) is 42.1 Å². The predicted octanol–water partition coefficient (Wildman–Crippen LogP) is 0.365. The van der Waals surface area contributed by atoms with E-state index in [-0.39, 0.29) is 11.7 Å². The van der Waals surface area contributed by atoms with Crippen molar-refractivity contribution in [2.45, 2.75) is 12.5 Å². The van der Waals surface area contributed by atoms with Crippen molar-refractivity contribution in [3.05, 3.63) is 29.8 Å². The largest absolute Gasteiger partial charge is 0.508 e. The van der Waals surface area contributed by atoms with Crippen LogP contribution < -0.4 is 5.32 Å². The number of hydrogen-bond acceptors (Lipinski definition) is 3. The van der Waals surface area contributed by atoms with Crippen LogP contribution in [0.25, 0.3) is 0 Å². The highest BCUT2D eigenvalue weighted by molar-refractivity contribution is 5.79. The van der Waals surface area contributed by atoms with Crippen molar-refractivity contribution in [3.8, 4) is 5.75 Å². The Balaban J connectivity index is 1.93. The normalized spacial score (nSPS) is 15.6. The first-order valence-electron chi connectivity index (χ1n) is 5.41. The van der Waals surface area contributed by atoms with E-state index in [1.165, 1.54) is 0 Å². The lowest BCUT2D eigenvalue weighted by Gasteiger charge is -2.35. The summed E-state index contributed by atoms with van der Waals surface area (Å²) in [5, 5.41) is 12.3. The molecule has 0 aromatic heterocycles. The summed E-state index contributed by atoms with van der Waals surface area (Å²) >= 11 is 0. The first-order valence-corrected chi connectivity index (χ1v) is 5.41. The topological polar surface area (TPSA) is 52.6 Å². The van der Waals surface area contributed by atoms with Gasteiger partial charge in [-0.25, -0.2) is 0 Å². The van der Waals surface area contributed by atoms with Crippen molar-refractivity contribution in [1.29, 1.82) is 0 Å². The smallest absolute Gasteiger partial charge is 0.227 e. The third-order valence-electron chi connectivity index (χ3n) is 2.99. The molecule has 4 nitrogen and oxygen atoms in total. The maximum absolute atomic E-state index is 11.9. The van der Waals surface area contributed by atoms with Gasteiger partial charge in [0.1, 0.15) is 5.75 Å². The Morgan fingerprint density at radius 1 is 1.44 bits per heavy atom. The second-order valence-corrected chi connectivity index (χ2v) is 4.16. The zero-order chi connectivity index (χ0) is 11.5. The SMILES string of the molecule is CN(C(=O)Cc1ccc(O)cc1)C1CNC1. The number of aromatic hydroxyl groups is 1. The van der Waals surface area contributed by atoms with Crippen LogP contribution in [-0.2, 0) is 11.2 Å². The zero-order valence-electron chi connectivity index (χ0n) is 9.31. The van der Waals surface area contributed by atoms with Crippen LogP contribution >= 0.6 is 0 Å². The van der Waals surface area contributed by atoms with Gasteiger partial charge >= 0.3 is 0 Å². The summed E-state index contributed by atoms with van der Waals surface area (Å²) in [6, 6.07) is 7.10. The van der Waals surface area contributed by atoms with E-state index in [0.29, 0.717) is 12.5 Å². The van der Waals surface area contributed by atoms with Crippen molar-refractivity contribution in [2.24, 2.45) is 0 Å². The molecule has 1 amide bonds. The van der Waals surface area contributed by atoms with E-state index < -0.39 is 0 Å². The number of hydrogen-bond donors (Lipinski definition) is 2. The molecular weight excluding hydrogens is 204 g/mol.